The summed E-state index contributed by atoms with van der Waals surface area (Å²) in [4.78, 5) is 23.9. The molecule has 1 fully saturated rings. The quantitative estimate of drug-likeness (QED) is 0.779. The molecule has 0 aliphatic heterocycles. The molecule has 0 unspecified atom stereocenters. The summed E-state index contributed by atoms with van der Waals surface area (Å²) < 4.78 is 1.03. The van der Waals surface area contributed by atoms with Crippen molar-refractivity contribution in [3.05, 3.63) is 28.2 Å². The number of carboxylic acid groups (broad SMARTS) is 1. The lowest BCUT2D eigenvalue weighted by Crippen LogP contribution is -2.34. The van der Waals surface area contributed by atoms with Gasteiger partial charge in [0, 0.05) is 15.4 Å². The van der Waals surface area contributed by atoms with Gasteiger partial charge in [0.05, 0.1) is 11.7 Å². The van der Waals surface area contributed by atoms with Crippen LogP contribution < -0.4 is 5.32 Å². The molecule has 1 saturated carbocycles. The van der Waals surface area contributed by atoms with Gasteiger partial charge in [-0.1, -0.05) is 15.9 Å². The average Bonchev–Trinajstić information content (AvgIpc) is 2.86. The van der Waals surface area contributed by atoms with Crippen LogP contribution in [-0.4, -0.2) is 28.8 Å². The maximum Gasteiger partial charge on any atom is 0.306 e. The molecule has 1 amide bonds. The molecule has 6 heteroatoms. The standard InChI is InChI=1S/C15H18BrNO3S/c1-9-6-11(16)3-5-13(9)21-8-14(18)17-12-4-2-10(7-12)15(19)20/h3,5-6,10,12H,2,4,7-8H2,1H3,(H,17,18)(H,19,20)/t10-,12+/m1/s1. The minimum atomic E-state index is -0.758. The summed E-state index contributed by atoms with van der Waals surface area (Å²) >= 11 is 4.92. The average molecular weight is 372 g/mol. The second-order valence-electron chi connectivity index (χ2n) is 5.31. The summed E-state index contributed by atoms with van der Waals surface area (Å²) in [5, 5.41) is 11.9. The Balaban J connectivity index is 1.79. The van der Waals surface area contributed by atoms with Crippen molar-refractivity contribution < 1.29 is 14.7 Å². The van der Waals surface area contributed by atoms with Crippen LogP contribution >= 0.6 is 27.7 Å². The fourth-order valence-corrected chi connectivity index (χ4v) is 3.82. The van der Waals surface area contributed by atoms with E-state index in [1.165, 1.54) is 11.8 Å². The molecule has 114 valence electrons. The first-order chi connectivity index (χ1) is 9.95. The summed E-state index contributed by atoms with van der Waals surface area (Å²) in [5.41, 5.74) is 1.13. The molecule has 0 heterocycles. The van der Waals surface area contributed by atoms with E-state index in [0.29, 0.717) is 18.6 Å². The number of hydrogen-bond acceptors (Lipinski definition) is 3. The van der Waals surface area contributed by atoms with Crippen LogP contribution in [0.3, 0.4) is 0 Å². The minimum Gasteiger partial charge on any atom is -0.481 e. The van der Waals surface area contributed by atoms with Gasteiger partial charge in [-0.05, 0) is 49.9 Å². The third-order valence-electron chi connectivity index (χ3n) is 3.64. The molecule has 4 nitrogen and oxygen atoms in total. The van der Waals surface area contributed by atoms with Crippen molar-refractivity contribution in [2.24, 2.45) is 5.92 Å². The molecular formula is C15H18BrNO3S. The van der Waals surface area contributed by atoms with Crippen LogP contribution in [0.1, 0.15) is 24.8 Å². The highest BCUT2D eigenvalue weighted by Crippen LogP contribution is 2.27. The van der Waals surface area contributed by atoms with Crippen LogP contribution in [0, 0.1) is 12.8 Å². The van der Waals surface area contributed by atoms with E-state index in [9.17, 15) is 9.59 Å². The number of rotatable bonds is 5. The zero-order valence-corrected chi connectivity index (χ0v) is 14.2. The molecule has 2 atom stereocenters. The van der Waals surface area contributed by atoms with E-state index in [1.807, 2.05) is 25.1 Å². The van der Waals surface area contributed by atoms with Gasteiger partial charge in [0.15, 0.2) is 0 Å². The van der Waals surface area contributed by atoms with E-state index in [4.69, 9.17) is 5.11 Å². The van der Waals surface area contributed by atoms with Crippen LogP contribution in [0.5, 0.6) is 0 Å². The fourth-order valence-electron chi connectivity index (χ4n) is 2.52. The van der Waals surface area contributed by atoms with Gasteiger partial charge in [-0.15, -0.1) is 11.8 Å². The van der Waals surface area contributed by atoms with Crippen LogP contribution in [0.25, 0.3) is 0 Å². The number of hydrogen-bond donors (Lipinski definition) is 2. The van der Waals surface area contributed by atoms with E-state index in [1.54, 1.807) is 0 Å². The van der Waals surface area contributed by atoms with Gasteiger partial charge in [-0.3, -0.25) is 9.59 Å². The number of benzene rings is 1. The van der Waals surface area contributed by atoms with Crippen molar-refractivity contribution in [3.8, 4) is 0 Å². The number of halogens is 1. The predicted molar refractivity (Wildman–Crippen MR) is 86.5 cm³/mol. The first-order valence-corrected chi connectivity index (χ1v) is 8.64. The molecule has 1 aromatic carbocycles. The fraction of sp³-hybridized carbons (Fsp3) is 0.467. The lowest BCUT2D eigenvalue weighted by atomic mass is 10.1. The minimum absolute atomic E-state index is 0.00483. The highest BCUT2D eigenvalue weighted by atomic mass is 79.9. The molecule has 2 rings (SSSR count). The second kappa shape index (κ2) is 7.31. The summed E-state index contributed by atoms with van der Waals surface area (Å²) in [5.74, 6) is -0.738. The summed E-state index contributed by atoms with van der Waals surface area (Å²) in [6.07, 6.45) is 1.95. The molecule has 21 heavy (non-hydrogen) atoms. The van der Waals surface area contributed by atoms with E-state index in [2.05, 4.69) is 21.2 Å². The maximum absolute atomic E-state index is 11.9. The number of carboxylic acids is 1. The molecule has 0 saturated heterocycles. The first-order valence-electron chi connectivity index (χ1n) is 6.87. The molecule has 0 spiro atoms. The Kier molecular flexibility index (Phi) is 5.70. The summed E-state index contributed by atoms with van der Waals surface area (Å²) in [6.45, 7) is 2.01. The summed E-state index contributed by atoms with van der Waals surface area (Å²) in [6, 6.07) is 5.98. The Hall–Kier alpha value is -1.01. The Morgan fingerprint density at radius 1 is 1.43 bits per heavy atom. The van der Waals surface area contributed by atoms with Gasteiger partial charge in [0.2, 0.25) is 5.91 Å². The Morgan fingerprint density at radius 3 is 2.81 bits per heavy atom. The summed E-state index contributed by atoms with van der Waals surface area (Å²) in [7, 11) is 0. The number of aryl methyl sites for hydroxylation is 1. The van der Waals surface area contributed by atoms with Gasteiger partial charge in [-0.2, -0.15) is 0 Å². The van der Waals surface area contributed by atoms with E-state index in [0.717, 1.165) is 21.4 Å². The molecule has 0 aromatic heterocycles. The van der Waals surface area contributed by atoms with Gasteiger partial charge in [-0.25, -0.2) is 0 Å². The Labute approximate surface area is 136 Å². The number of thioether (sulfide) groups is 1. The topological polar surface area (TPSA) is 66.4 Å². The normalized spacial score (nSPS) is 21.2. The van der Waals surface area contributed by atoms with E-state index < -0.39 is 5.97 Å². The van der Waals surface area contributed by atoms with Crippen molar-refractivity contribution in [2.45, 2.75) is 37.1 Å². The van der Waals surface area contributed by atoms with Crippen LogP contribution in [0.2, 0.25) is 0 Å². The Bertz CT molecular complexity index is 550. The van der Waals surface area contributed by atoms with Gasteiger partial charge in [0.25, 0.3) is 0 Å². The third-order valence-corrected chi connectivity index (χ3v) is 5.31. The number of aliphatic carboxylic acids is 1. The highest BCUT2D eigenvalue weighted by molar-refractivity contribution is 9.10. The Morgan fingerprint density at radius 2 is 2.19 bits per heavy atom. The van der Waals surface area contributed by atoms with Crippen LogP contribution in [-0.2, 0) is 9.59 Å². The number of nitrogens with one attached hydrogen (secondary N) is 1. The number of carbonyl (C=O) groups is 2. The zero-order chi connectivity index (χ0) is 15.4. The molecule has 1 aliphatic carbocycles. The molecule has 0 radical (unpaired) electrons. The first kappa shape index (κ1) is 16.4. The van der Waals surface area contributed by atoms with E-state index in [-0.39, 0.29) is 17.9 Å². The van der Waals surface area contributed by atoms with Gasteiger partial charge in [0.1, 0.15) is 0 Å². The van der Waals surface area contributed by atoms with Crippen LogP contribution in [0.15, 0.2) is 27.6 Å². The smallest absolute Gasteiger partial charge is 0.306 e. The lowest BCUT2D eigenvalue weighted by Gasteiger charge is -2.12. The molecule has 0 bridgehead atoms. The largest absolute Gasteiger partial charge is 0.481 e. The van der Waals surface area contributed by atoms with Crippen molar-refractivity contribution in [1.29, 1.82) is 0 Å². The highest BCUT2D eigenvalue weighted by Gasteiger charge is 2.30. The van der Waals surface area contributed by atoms with E-state index >= 15 is 0 Å². The molecule has 2 N–H and O–H groups in total. The van der Waals surface area contributed by atoms with Crippen LogP contribution in [0.4, 0.5) is 0 Å². The maximum atomic E-state index is 11.9. The SMILES string of the molecule is Cc1cc(Br)ccc1SCC(=O)N[C@H]1CC[C@@H](C(=O)O)C1. The lowest BCUT2D eigenvalue weighted by molar-refractivity contribution is -0.141. The van der Waals surface area contributed by atoms with Crippen molar-refractivity contribution in [2.75, 3.05) is 5.75 Å². The van der Waals surface area contributed by atoms with Crippen molar-refractivity contribution in [1.82, 2.24) is 5.32 Å². The van der Waals surface area contributed by atoms with Gasteiger partial charge >= 0.3 is 5.97 Å². The predicted octanol–water partition coefficient (Wildman–Crippen LogP) is 3.22. The zero-order valence-electron chi connectivity index (χ0n) is 11.8. The molecule has 1 aromatic rings. The molecular weight excluding hydrogens is 354 g/mol. The monoisotopic (exact) mass is 371 g/mol. The second-order valence-corrected chi connectivity index (χ2v) is 7.24. The molecule has 1 aliphatic rings. The van der Waals surface area contributed by atoms with Crippen molar-refractivity contribution >= 4 is 39.6 Å². The van der Waals surface area contributed by atoms with Gasteiger partial charge < -0.3 is 10.4 Å². The number of amides is 1. The third kappa shape index (κ3) is 4.74. The number of carbonyl (C=O) groups excluding carboxylic acids is 1. The van der Waals surface area contributed by atoms with Crippen molar-refractivity contribution in [3.63, 3.8) is 0 Å².